The van der Waals surface area contributed by atoms with Gasteiger partial charge in [-0.25, -0.2) is 0 Å². The van der Waals surface area contributed by atoms with Crippen LogP contribution in [-0.4, -0.2) is 34.8 Å². The summed E-state index contributed by atoms with van der Waals surface area (Å²) in [5, 5.41) is 22.9. The number of hydrogen-bond donors (Lipinski definition) is 4. The van der Waals surface area contributed by atoms with Crippen molar-refractivity contribution < 1.29 is 10.3 Å². The summed E-state index contributed by atoms with van der Waals surface area (Å²) >= 11 is 0. The van der Waals surface area contributed by atoms with Crippen molar-refractivity contribution in [2.45, 2.75) is 32.4 Å². The minimum Gasteiger partial charge on any atom is -0.409 e. The van der Waals surface area contributed by atoms with Gasteiger partial charge in [0.2, 0.25) is 0 Å². The van der Waals surface area contributed by atoms with Gasteiger partial charge in [0.25, 0.3) is 0 Å². The second kappa shape index (κ2) is 5.79. The number of nitrogens with zero attached hydrogens (tertiary/aromatic N) is 1. The number of rotatable bonds is 5. The van der Waals surface area contributed by atoms with Gasteiger partial charge >= 0.3 is 0 Å². The molecule has 0 aliphatic heterocycles. The van der Waals surface area contributed by atoms with Gasteiger partial charge in [0.15, 0.2) is 0 Å². The van der Waals surface area contributed by atoms with E-state index < -0.39 is 0 Å². The number of aliphatic hydroxyl groups is 1. The Hall–Kier alpha value is -0.810. The van der Waals surface area contributed by atoms with E-state index in [9.17, 15) is 0 Å². The molecule has 0 aliphatic carbocycles. The average Bonchev–Trinajstić information content (AvgIpc) is 2.03. The van der Waals surface area contributed by atoms with Gasteiger partial charge in [0.05, 0.1) is 6.61 Å². The van der Waals surface area contributed by atoms with Gasteiger partial charge in [0.1, 0.15) is 5.84 Å². The Bertz CT molecular complexity index is 150. The van der Waals surface area contributed by atoms with Crippen LogP contribution in [0.3, 0.4) is 0 Å². The van der Waals surface area contributed by atoms with Gasteiger partial charge < -0.3 is 21.4 Å². The number of aliphatic hydroxyl groups excluding tert-OH is 1. The number of amidine groups is 1. The molecule has 0 amide bonds. The van der Waals surface area contributed by atoms with E-state index in [1.165, 1.54) is 0 Å². The molecule has 2 unspecified atom stereocenters. The molecule has 0 saturated heterocycles. The van der Waals surface area contributed by atoms with E-state index in [0.29, 0.717) is 6.42 Å². The monoisotopic (exact) mass is 175 g/mol. The highest BCUT2D eigenvalue weighted by Gasteiger charge is 2.07. The first-order valence-electron chi connectivity index (χ1n) is 3.93. The molecule has 0 radical (unpaired) electrons. The van der Waals surface area contributed by atoms with Gasteiger partial charge in [0, 0.05) is 18.5 Å². The predicted octanol–water partition coefficient (Wildman–Crippen LogP) is -0.518. The quantitative estimate of drug-likeness (QED) is 0.196. The van der Waals surface area contributed by atoms with Crippen LogP contribution in [0.5, 0.6) is 0 Å². The van der Waals surface area contributed by atoms with Crippen molar-refractivity contribution in [2.75, 3.05) is 6.61 Å². The van der Waals surface area contributed by atoms with Crippen LogP contribution in [0.15, 0.2) is 5.16 Å². The zero-order valence-corrected chi connectivity index (χ0v) is 7.49. The van der Waals surface area contributed by atoms with Crippen molar-refractivity contribution in [1.82, 2.24) is 5.32 Å². The maximum absolute atomic E-state index is 8.70. The average molecular weight is 175 g/mol. The fourth-order valence-electron chi connectivity index (χ4n) is 0.952. The van der Waals surface area contributed by atoms with Crippen LogP contribution in [0.4, 0.5) is 0 Å². The second-order valence-corrected chi connectivity index (χ2v) is 2.95. The van der Waals surface area contributed by atoms with Crippen molar-refractivity contribution in [1.29, 1.82) is 0 Å². The lowest BCUT2D eigenvalue weighted by atomic mass is 10.2. The van der Waals surface area contributed by atoms with E-state index in [-0.39, 0.29) is 24.5 Å². The van der Waals surface area contributed by atoms with Gasteiger partial charge in [-0.2, -0.15) is 0 Å². The molecule has 0 rings (SSSR count). The highest BCUT2D eigenvalue weighted by Crippen LogP contribution is 1.92. The smallest absolute Gasteiger partial charge is 0.140 e. The zero-order valence-electron chi connectivity index (χ0n) is 7.49. The lowest BCUT2D eigenvalue weighted by molar-refractivity contribution is 0.243. The molecular weight excluding hydrogens is 158 g/mol. The van der Waals surface area contributed by atoms with Crippen molar-refractivity contribution in [3.63, 3.8) is 0 Å². The highest BCUT2D eigenvalue weighted by molar-refractivity contribution is 5.80. The number of oxime groups is 1. The first-order chi connectivity index (χ1) is 5.60. The zero-order chi connectivity index (χ0) is 9.56. The first kappa shape index (κ1) is 11.2. The Morgan fingerprint density at radius 1 is 1.50 bits per heavy atom. The lowest BCUT2D eigenvalue weighted by Crippen LogP contribution is -2.39. The van der Waals surface area contributed by atoms with Crippen molar-refractivity contribution >= 4 is 5.84 Å². The third-order valence-corrected chi connectivity index (χ3v) is 1.49. The van der Waals surface area contributed by atoms with E-state index in [4.69, 9.17) is 16.0 Å². The summed E-state index contributed by atoms with van der Waals surface area (Å²) in [7, 11) is 0. The summed E-state index contributed by atoms with van der Waals surface area (Å²) in [5.74, 6) is 0.195. The van der Waals surface area contributed by atoms with Gasteiger partial charge in [-0.3, -0.25) is 0 Å². The summed E-state index contributed by atoms with van der Waals surface area (Å²) in [4.78, 5) is 0. The molecule has 0 heterocycles. The summed E-state index contributed by atoms with van der Waals surface area (Å²) < 4.78 is 0. The first-order valence-corrected chi connectivity index (χ1v) is 3.93. The van der Waals surface area contributed by atoms with Crippen LogP contribution in [0.2, 0.25) is 0 Å². The molecule has 5 N–H and O–H groups in total. The van der Waals surface area contributed by atoms with E-state index in [1.807, 2.05) is 13.8 Å². The van der Waals surface area contributed by atoms with Crippen LogP contribution in [0, 0.1) is 0 Å². The Labute approximate surface area is 72.3 Å². The number of nitrogens with two attached hydrogens (primary N) is 1. The Kier molecular flexibility index (Phi) is 5.40. The van der Waals surface area contributed by atoms with Crippen LogP contribution >= 0.6 is 0 Å². The van der Waals surface area contributed by atoms with Crippen molar-refractivity contribution in [2.24, 2.45) is 10.9 Å². The second-order valence-electron chi connectivity index (χ2n) is 2.95. The SMILES string of the molecule is CC(CO)NC(C)CC(N)=NO. The predicted molar refractivity (Wildman–Crippen MR) is 47.2 cm³/mol. The van der Waals surface area contributed by atoms with E-state index in [0.717, 1.165) is 0 Å². The van der Waals surface area contributed by atoms with Gasteiger partial charge in [-0.1, -0.05) is 5.16 Å². The van der Waals surface area contributed by atoms with Crippen molar-refractivity contribution in [3.8, 4) is 0 Å². The van der Waals surface area contributed by atoms with Gasteiger partial charge in [-0.05, 0) is 13.8 Å². The largest absolute Gasteiger partial charge is 0.409 e. The third-order valence-electron chi connectivity index (χ3n) is 1.49. The Morgan fingerprint density at radius 3 is 2.50 bits per heavy atom. The molecular formula is C7H17N3O2. The molecule has 5 heteroatoms. The normalized spacial score (nSPS) is 17.4. The molecule has 0 fully saturated rings. The summed E-state index contributed by atoms with van der Waals surface area (Å²) in [6, 6.07) is 0.134. The van der Waals surface area contributed by atoms with E-state index >= 15 is 0 Å². The van der Waals surface area contributed by atoms with E-state index in [1.54, 1.807) is 0 Å². The number of nitrogens with one attached hydrogen (secondary N) is 1. The van der Waals surface area contributed by atoms with Crippen LogP contribution < -0.4 is 11.1 Å². The Balaban J connectivity index is 3.66. The summed E-state index contributed by atoms with van der Waals surface area (Å²) in [5.41, 5.74) is 5.29. The maximum Gasteiger partial charge on any atom is 0.140 e. The molecule has 5 nitrogen and oxygen atoms in total. The summed E-state index contributed by atoms with van der Waals surface area (Å²) in [6.07, 6.45) is 0.473. The molecule has 72 valence electrons. The molecule has 0 aromatic carbocycles. The molecule has 0 aromatic heterocycles. The fraction of sp³-hybridized carbons (Fsp3) is 0.857. The van der Waals surface area contributed by atoms with Crippen LogP contribution in [-0.2, 0) is 0 Å². The lowest BCUT2D eigenvalue weighted by Gasteiger charge is -2.17. The molecule has 0 aliphatic rings. The molecule has 0 bridgehead atoms. The molecule has 0 spiro atoms. The molecule has 2 atom stereocenters. The third kappa shape index (κ3) is 4.92. The fourth-order valence-corrected chi connectivity index (χ4v) is 0.952. The minimum atomic E-state index is 0.0338. The minimum absolute atomic E-state index is 0.0338. The highest BCUT2D eigenvalue weighted by atomic mass is 16.4. The van der Waals surface area contributed by atoms with Crippen LogP contribution in [0.1, 0.15) is 20.3 Å². The van der Waals surface area contributed by atoms with Crippen LogP contribution in [0.25, 0.3) is 0 Å². The number of hydrogen-bond acceptors (Lipinski definition) is 4. The van der Waals surface area contributed by atoms with E-state index in [2.05, 4.69) is 10.5 Å². The topological polar surface area (TPSA) is 90.9 Å². The summed E-state index contributed by atoms with van der Waals surface area (Å²) in [6.45, 7) is 3.85. The maximum atomic E-state index is 8.70. The Morgan fingerprint density at radius 2 is 2.08 bits per heavy atom. The molecule has 0 saturated carbocycles. The standard InChI is InChI=1S/C7H17N3O2/c1-5(3-7(8)10-12)9-6(2)4-11/h5-6,9,11-12H,3-4H2,1-2H3,(H2,8,10). The molecule has 12 heavy (non-hydrogen) atoms. The van der Waals surface area contributed by atoms with Gasteiger partial charge in [-0.15, -0.1) is 0 Å². The molecule has 0 aromatic rings. The van der Waals surface area contributed by atoms with Crippen molar-refractivity contribution in [3.05, 3.63) is 0 Å².